The van der Waals surface area contributed by atoms with Gasteiger partial charge in [0, 0.05) is 24.3 Å². The van der Waals surface area contributed by atoms with Gasteiger partial charge in [-0.1, -0.05) is 15.9 Å². The third-order valence-corrected chi connectivity index (χ3v) is 2.22. The average Bonchev–Trinajstić information content (AvgIpc) is 2.13. The van der Waals surface area contributed by atoms with Crippen molar-refractivity contribution in [3.8, 4) is 0 Å². The van der Waals surface area contributed by atoms with E-state index in [0.29, 0.717) is 18.3 Å². The zero-order chi connectivity index (χ0) is 11.8. The summed E-state index contributed by atoms with van der Waals surface area (Å²) in [6, 6.07) is 0.113. The van der Waals surface area contributed by atoms with Crippen LogP contribution in [0.3, 0.4) is 0 Å². The van der Waals surface area contributed by atoms with Gasteiger partial charge in [0.1, 0.15) is 0 Å². The number of nitrogens with one attached hydrogen (secondary N) is 1. The van der Waals surface area contributed by atoms with Gasteiger partial charge in [0.05, 0.1) is 6.54 Å². The highest BCUT2D eigenvalue weighted by Crippen LogP contribution is 1.97. The van der Waals surface area contributed by atoms with Crippen LogP contribution in [0.1, 0.15) is 27.2 Å². The molecule has 0 radical (unpaired) electrons. The summed E-state index contributed by atoms with van der Waals surface area (Å²) in [6.45, 7) is 6.38. The minimum atomic E-state index is -0.102. The Balaban J connectivity index is 4.08. The van der Waals surface area contributed by atoms with Crippen molar-refractivity contribution >= 4 is 27.7 Å². The molecule has 0 aromatic heterocycles. The number of carbonyl (C=O) groups excluding carboxylic acids is 2. The van der Waals surface area contributed by atoms with E-state index in [1.807, 2.05) is 20.8 Å². The van der Waals surface area contributed by atoms with Crippen LogP contribution < -0.4 is 5.32 Å². The van der Waals surface area contributed by atoms with Crippen molar-refractivity contribution in [2.45, 2.75) is 33.2 Å². The second kappa shape index (κ2) is 7.68. The summed E-state index contributed by atoms with van der Waals surface area (Å²) in [5.74, 6) is -0.0944. The Kier molecular flexibility index (Phi) is 7.38. The highest BCUT2D eigenvalue weighted by atomic mass is 79.9. The number of rotatable bonds is 6. The molecule has 0 unspecified atom stereocenters. The van der Waals surface area contributed by atoms with Crippen LogP contribution in [-0.4, -0.2) is 41.2 Å². The SMILES string of the molecule is CCN(CC(=O)NC(C)C)C(=O)CCBr. The molecule has 0 fully saturated rings. The van der Waals surface area contributed by atoms with Gasteiger partial charge in [-0.3, -0.25) is 9.59 Å². The molecule has 0 heterocycles. The molecule has 0 rings (SSSR count). The lowest BCUT2D eigenvalue weighted by molar-refractivity contribution is -0.135. The number of nitrogens with zero attached hydrogens (tertiary/aromatic N) is 1. The monoisotopic (exact) mass is 278 g/mol. The number of amides is 2. The molecule has 0 aliphatic carbocycles. The Morgan fingerprint density at radius 1 is 1.40 bits per heavy atom. The Hall–Kier alpha value is -0.580. The van der Waals surface area contributed by atoms with E-state index < -0.39 is 0 Å². The van der Waals surface area contributed by atoms with E-state index in [1.54, 1.807) is 4.90 Å². The molecule has 0 atom stereocenters. The Labute approximate surface area is 99.5 Å². The number of halogens is 1. The summed E-state index contributed by atoms with van der Waals surface area (Å²) in [5.41, 5.74) is 0. The third kappa shape index (κ3) is 6.49. The van der Waals surface area contributed by atoms with E-state index in [-0.39, 0.29) is 24.4 Å². The van der Waals surface area contributed by atoms with Gasteiger partial charge in [0.2, 0.25) is 11.8 Å². The number of alkyl halides is 1. The van der Waals surface area contributed by atoms with Gasteiger partial charge in [-0.15, -0.1) is 0 Å². The maximum Gasteiger partial charge on any atom is 0.239 e. The number of hydrogen-bond donors (Lipinski definition) is 1. The zero-order valence-electron chi connectivity index (χ0n) is 9.55. The highest BCUT2D eigenvalue weighted by molar-refractivity contribution is 9.09. The van der Waals surface area contributed by atoms with Crippen molar-refractivity contribution in [3.63, 3.8) is 0 Å². The lowest BCUT2D eigenvalue weighted by Gasteiger charge is -2.20. The van der Waals surface area contributed by atoms with Crippen LogP contribution in [0.5, 0.6) is 0 Å². The van der Waals surface area contributed by atoms with E-state index in [9.17, 15) is 9.59 Å². The molecule has 0 aromatic rings. The fraction of sp³-hybridized carbons (Fsp3) is 0.800. The maximum atomic E-state index is 11.5. The van der Waals surface area contributed by atoms with E-state index >= 15 is 0 Å². The first-order chi connectivity index (χ1) is 7.01. The van der Waals surface area contributed by atoms with E-state index in [2.05, 4.69) is 21.2 Å². The van der Waals surface area contributed by atoms with Crippen molar-refractivity contribution in [1.29, 1.82) is 0 Å². The van der Waals surface area contributed by atoms with Gasteiger partial charge in [-0.2, -0.15) is 0 Å². The standard InChI is InChI=1S/C10H19BrN2O2/c1-4-13(10(15)5-6-11)7-9(14)12-8(2)3/h8H,4-7H2,1-3H3,(H,12,14). The molecule has 88 valence electrons. The fourth-order valence-electron chi connectivity index (χ4n) is 1.16. The first-order valence-electron chi connectivity index (χ1n) is 5.14. The Bertz CT molecular complexity index is 219. The van der Waals surface area contributed by atoms with E-state index in [0.717, 1.165) is 0 Å². The second-order valence-corrected chi connectivity index (χ2v) is 4.36. The van der Waals surface area contributed by atoms with Gasteiger partial charge in [-0.25, -0.2) is 0 Å². The molecular formula is C10H19BrN2O2. The van der Waals surface area contributed by atoms with Crippen LogP contribution in [0.2, 0.25) is 0 Å². The molecule has 0 spiro atoms. The molecule has 1 N–H and O–H groups in total. The van der Waals surface area contributed by atoms with Gasteiger partial charge in [0.15, 0.2) is 0 Å². The third-order valence-electron chi connectivity index (χ3n) is 1.83. The molecule has 5 heteroatoms. The summed E-state index contributed by atoms with van der Waals surface area (Å²) in [7, 11) is 0. The number of hydrogen-bond acceptors (Lipinski definition) is 2. The molecule has 0 bridgehead atoms. The summed E-state index contributed by atoms with van der Waals surface area (Å²) >= 11 is 3.21. The summed E-state index contributed by atoms with van der Waals surface area (Å²) in [5, 5.41) is 3.39. The quantitative estimate of drug-likeness (QED) is 0.741. The van der Waals surface area contributed by atoms with Gasteiger partial charge in [0.25, 0.3) is 0 Å². The maximum absolute atomic E-state index is 11.5. The van der Waals surface area contributed by atoms with Gasteiger partial charge in [-0.05, 0) is 20.8 Å². The van der Waals surface area contributed by atoms with Gasteiger partial charge >= 0.3 is 0 Å². The lowest BCUT2D eigenvalue weighted by Crippen LogP contribution is -2.42. The summed E-state index contributed by atoms with van der Waals surface area (Å²) < 4.78 is 0. The van der Waals surface area contributed by atoms with Crippen LogP contribution >= 0.6 is 15.9 Å². The Morgan fingerprint density at radius 3 is 2.40 bits per heavy atom. The molecule has 0 aliphatic rings. The average molecular weight is 279 g/mol. The summed E-state index contributed by atoms with van der Waals surface area (Å²) in [4.78, 5) is 24.5. The van der Waals surface area contributed by atoms with Crippen molar-refractivity contribution in [1.82, 2.24) is 10.2 Å². The number of carbonyl (C=O) groups is 2. The van der Waals surface area contributed by atoms with Crippen molar-refractivity contribution in [2.75, 3.05) is 18.4 Å². The smallest absolute Gasteiger partial charge is 0.239 e. The highest BCUT2D eigenvalue weighted by Gasteiger charge is 2.14. The normalized spacial score (nSPS) is 10.2. The second-order valence-electron chi connectivity index (χ2n) is 3.57. The van der Waals surface area contributed by atoms with Crippen LogP contribution in [-0.2, 0) is 9.59 Å². The molecule has 0 aromatic carbocycles. The van der Waals surface area contributed by atoms with Crippen LogP contribution in [0.25, 0.3) is 0 Å². The minimum Gasteiger partial charge on any atom is -0.352 e. The van der Waals surface area contributed by atoms with Crippen molar-refractivity contribution in [2.24, 2.45) is 0 Å². The van der Waals surface area contributed by atoms with Crippen molar-refractivity contribution < 1.29 is 9.59 Å². The molecule has 0 saturated carbocycles. The topological polar surface area (TPSA) is 49.4 Å². The van der Waals surface area contributed by atoms with Crippen LogP contribution in [0, 0.1) is 0 Å². The summed E-state index contributed by atoms with van der Waals surface area (Å²) in [6.07, 6.45) is 0.433. The molecular weight excluding hydrogens is 260 g/mol. The number of likely N-dealkylation sites (N-methyl/N-ethyl adjacent to an activating group) is 1. The first kappa shape index (κ1) is 14.4. The molecule has 15 heavy (non-hydrogen) atoms. The van der Waals surface area contributed by atoms with E-state index in [1.165, 1.54) is 0 Å². The molecule has 0 saturated heterocycles. The lowest BCUT2D eigenvalue weighted by atomic mass is 10.3. The Morgan fingerprint density at radius 2 is 2.00 bits per heavy atom. The molecule has 2 amide bonds. The van der Waals surface area contributed by atoms with Crippen LogP contribution in [0.4, 0.5) is 0 Å². The van der Waals surface area contributed by atoms with Crippen molar-refractivity contribution in [3.05, 3.63) is 0 Å². The van der Waals surface area contributed by atoms with E-state index in [4.69, 9.17) is 0 Å². The predicted octanol–water partition coefficient (Wildman–Crippen LogP) is 1.14. The predicted molar refractivity (Wildman–Crippen MR) is 63.9 cm³/mol. The fourth-order valence-corrected chi connectivity index (χ4v) is 1.50. The zero-order valence-corrected chi connectivity index (χ0v) is 11.1. The van der Waals surface area contributed by atoms with Gasteiger partial charge < -0.3 is 10.2 Å². The molecule has 4 nitrogen and oxygen atoms in total. The first-order valence-corrected chi connectivity index (χ1v) is 6.26. The minimum absolute atomic E-state index is 0.00767. The van der Waals surface area contributed by atoms with Crippen LogP contribution in [0.15, 0.2) is 0 Å². The largest absolute Gasteiger partial charge is 0.352 e. The molecule has 0 aliphatic heterocycles.